The van der Waals surface area contributed by atoms with Gasteiger partial charge in [-0.25, -0.2) is 4.39 Å². The Morgan fingerprint density at radius 1 is 1.54 bits per heavy atom. The smallest absolute Gasteiger partial charge is 0.146 e. The lowest BCUT2D eigenvalue weighted by molar-refractivity contribution is 0.193. The van der Waals surface area contributed by atoms with E-state index in [2.05, 4.69) is 15.9 Å². The maximum Gasteiger partial charge on any atom is 0.146 e. The molecule has 0 aromatic heterocycles. The Labute approximate surface area is 84.5 Å². The summed E-state index contributed by atoms with van der Waals surface area (Å²) in [5.41, 5.74) is 0.257. The Morgan fingerprint density at radius 3 is 2.62 bits per heavy atom. The third-order valence-corrected chi connectivity index (χ3v) is 2.49. The molecule has 0 aliphatic heterocycles. The van der Waals surface area contributed by atoms with Gasteiger partial charge in [0, 0.05) is 5.56 Å². The number of ether oxygens (including phenoxy) is 1. The van der Waals surface area contributed by atoms with Crippen molar-refractivity contribution in [1.29, 1.82) is 0 Å². The quantitative estimate of drug-likeness (QED) is 0.873. The third-order valence-electron chi connectivity index (χ3n) is 1.75. The molecule has 72 valence electrons. The first-order valence-electron chi connectivity index (χ1n) is 3.78. The minimum atomic E-state index is -0.817. The fourth-order valence-electron chi connectivity index (χ4n) is 1.03. The van der Waals surface area contributed by atoms with Crippen molar-refractivity contribution in [2.24, 2.45) is 0 Å². The molecule has 0 radical (unpaired) electrons. The maximum atomic E-state index is 13.4. The van der Waals surface area contributed by atoms with Crippen molar-refractivity contribution in [3.05, 3.63) is 28.0 Å². The lowest BCUT2D eigenvalue weighted by Gasteiger charge is -2.10. The Kier molecular flexibility index (Phi) is 3.27. The first kappa shape index (κ1) is 10.5. The number of halogens is 2. The summed E-state index contributed by atoms with van der Waals surface area (Å²) in [6, 6.07) is 3.11. The van der Waals surface area contributed by atoms with E-state index in [1.807, 2.05) is 0 Å². The summed E-state index contributed by atoms with van der Waals surface area (Å²) in [6.45, 7) is 1.51. The molecule has 1 rings (SSSR count). The SMILES string of the molecule is COc1ccc(C(C)O)c(F)c1Br. The van der Waals surface area contributed by atoms with Crippen molar-refractivity contribution in [3.8, 4) is 5.75 Å². The highest BCUT2D eigenvalue weighted by atomic mass is 79.9. The Morgan fingerprint density at radius 2 is 2.15 bits per heavy atom. The van der Waals surface area contributed by atoms with Crippen molar-refractivity contribution in [2.75, 3.05) is 7.11 Å². The van der Waals surface area contributed by atoms with E-state index in [-0.39, 0.29) is 10.0 Å². The standard InChI is InChI=1S/C9H10BrFO2/c1-5(12)6-3-4-7(13-2)8(10)9(6)11/h3-5,12H,1-2H3. The van der Waals surface area contributed by atoms with Gasteiger partial charge < -0.3 is 9.84 Å². The number of hydrogen-bond donors (Lipinski definition) is 1. The van der Waals surface area contributed by atoms with Crippen LogP contribution in [-0.2, 0) is 0 Å². The van der Waals surface area contributed by atoms with E-state index in [0.29, 0.717) is 5.75 Å². The normalized spacial score (nSPS) is 12.7. The molecule has 4 heteroatoms. The average Bonchev–Trinajstić information content (AvgIpc) is 2.09. The summed E-state index contributed by atoms with van der Waals surface area (Å²) >= 11 is 3.05. The fourth-order valence-corrected chi connectivity index (χ4v) is 1.55. The molecular weight excluding hydrogens is 239 g/mol. The molecule has 1 N–H and O–H groups in total. The van der Waals surface area contributed by atoms with E-state index in [1.165, 1.54) is 20.1 Å². The van der Waals surface area contributed by atoms with Gasteiger partial charge in [-0.1, -0.05) is 0 Å². The van der Waals surface area contributed by atoms with E-state index in [1.54, 1.807) is 6.07 Å². The second-order valence-electron chi connectivity index (χ2n) is 2.66. The van der Waals surface area contributed by atoms with Crippen LogP contribution < -0.4 is 4.74 Å². The van der Waals surface area contributed by atoms with Gasteiger partial charge in [-0.3, -0.25) is 0 Å². The van der Waals surface area contributed by atoms with Gasteiger partial charge in [0.1, 0.15) is 11.6 Å². The zero-order valence-electron chi connectivity index (χ0n) is 7.34. The van der Waals surface area contributed by atoms with E-state index < -0.39 is 11.9 Å². The number of rotatable bonds is 2. The zero-order valence-corrected chi connectivity index (χ0v) is 8.93. The number of hydrogen-bond acceptors (Lipinski definition) is 2. The summed E-state index contributed by atoms with van der Waals surface area (Å²) in [7, 11) is 1.46. The maximum absolute atomic E-state index is 13.4. The molecule has 0 spiro atoms. The molecule has 0 amide bonds. The predicted molar refractivity (Wildman–Crippen MR) is 51.3 cm³/mol. The second kappa shape index (κ2) is 4.07. The van der Waals surface area contributed by atoms with E-state index in [0.717, 1.165) is 0 Å². The van der Waals surface area contributed by atoms with Crippen LogP contribution in [0.15, 0.2) is 16.6 Å². The molecule has 0 saturated carbocycles. The number of aliphatic hydroxyl groups excluding tert-OH is 1. The fraction of sp³-hybridized carbons (Fsp3) is 0.333. The van der Waals surface area contributed by atoms with Crippen LogP contribution in [0.1, 0.15) is 18.6 Å². The van der Waals surface area contributed by atoms with Crippen LogP contribution in [0, 0.1) is 5.82 Å². The highest BCUT2D eigenvalue weighted by molar-refractivity contribution is 9.10. The molecule has 0 bridgehead atoms. The van der Waals surface area contributed by atoms with E-state index in [4.69, 9.17) is 4.74 Å². The van der Waals surface area contributed by atoms with Gasteiger partial charge in [-0.15, -0.1) is 0 Å². The monoisotopic (exact) mass is 248 g/mol. The Hall–Kier alpha value is -0.610. The van der Waals surface area contributed by atoms with Crippen molar-refractivity contribution < 1.29 is 14.2 Å². The molecule has 0 aliphatic rings. The molecular formula is C9H10BrFO2. The zero-order chi connectivity index (χ0) is 10.0. The first-order chi connectivity index (χ1) is 6.07. The van der Waals surface area contributed by atoms with Gasteiger partial charge in [0.2, 0.25) is 0 Å². The summed E-state index contributed by atoms with van der Waals surface area (Å²) in [5.74, 6) is -0.0590. The van der Waals surface area contributed by atoms with Crippen molar-refractivity contribution in [2.45, 2.75) is 13.0 Å². The van der Waals surface area contributed by atoms with Crippen molar-refractivity contribution in [1.82, 2.24) is 0 Å². The van der Waals surface area contributed by atoms with Gasteiger partial charge in [-0.05, 0) is 35.0 Å². The lowest BCUT2D eigenvalue weighted by Crippen LogP contribution is -1.98. The molecule has 0 heterocycles. The Balaban J connectivity index is 3.23. The molecule has 1 aromatic carbocycles. The Bertz CT molecular complexity index is 313. The van der Waals surface area contributed by atoms with Crippen molar-refractivity contribution in [3.63, 3.8) is 0 Å². The second-order valence-corrected chi connectivity index (χ2v) is 3.45. The molecule has 0 aliphatic carbocycles. The molecule has 0 saturated heterocycles. The summed E-state index contributed by atoms with van der Waals surface area (Å²) in [4.78, 5) is 0. The van der Waals surface area contributed by atoms with Crippen LogP contribution >= 0.6 is 15.9 Å². The predicted octanol–water partition coefficient (Wildman–Crippen LogP) is 2.65. The first-order valence-corrected chi connectivity index (χ1v) is 4.57. The summed E-state index contributed by atoms with van der Waals surface area (Å²) in [6.07, 6.45) is -0.817. The van der Waals surface area contributed by atoms with Crippen LogP contribution in [0.2, 0.25) is 0 Å². The van der Waals surface area contributed by atoms with Crippen LogP contribution in [0.3, 0.4) is 0 Å². The molecule has 1 aromatic rings. The number of aliphatic hydroxyl groups is 1. The topological polar surface area (TPSA) is 29.5 Å². The molecule has 2 nitrogen and oxygen atoms in total. The summed E-state index contributed by atoms with van der Waals surface area (Å²) in [5, 5.41) is 9.19. The van der Waals surface area contributed by atoms with Gasteiger partial charge in [-0.2, -0.15) is 0 Å². The van der Waals surface area contributed by atoms with Crippen LogP contribution in [0.4, 0.5) is 4.39 Å². The van der Waals surface area contributed by atoms with Gasteiger partial charge in [0.15, 0.2) is 0 Å². The largest absolute Gasteiger partial charge is 0.495 e. The van der Waals surface area contributed by atoms with E-state index in [9.17, 15) is 9.50 Å². The molecule has 1 atom stereocenters. The van der Waals surface area contributed by atoms with E-state index >= 15 is 0 Å². The van der Waals surface area contributed by atoms with Crippen molar-refractivity contribution >= 4 is 15.9 Å². The minimum absolute atomic E-state index is 0.244. The number of methoxy groups -OCH3 is 1. The number of benzene rings is 1. The summed E-state index contributed by atoms with van der Waals surface area (Å²) < 4.78 is 18.5. The lowest BCUT2D eigenvalue weighted by atomic mass is 10.1. The van der Waals surface area contributed by atoms with Crippen LogP contribution in [-0.4, -0.2) is 12.2 Å². The average molecular weight is 249 g/mol. The minimum Gasteiger partial charge on any atom is -0.495 e. The van der Waals surface area contributed by atoms with Gasteiger partial charge >= 0.3 is 0 Å². The molecule has 1 unspecified atom stereocenters. The van der Waals surface area contributed by atoms with Crippen LogP contribution in [0.5, 0.6) is 5.75 Å². The third kappa shape index (κ3) is 2.00. The molecule has 13 heavy (non-hydrogen) atoms. The van der Waals surface area contributed by atoms with Crippen LogP contribution in [0.25, 0.3) is 0 Å². The van der Waals surface area contributed by atoms with Gasteiger partial charge in [0.25, 0.3) is 0 Å². The highest BCUT2D eigenvalue weighted by Gasteiger charge is 2.14. The van der Waals surface area contributed by atoms with Gasteiger partial charge in [0.05, 0.1) is 17.7 Å². The molecule has 0 fully saturated rings. The highest BCUT2D eigenvalue weighted by Crippen LogP contribution is 2.31.